The van der Waals surface area contributed by atoms with Crippen molar-refractivity contribution in [2.75, 3.05) is 19.5 Å². The van der Waals surface area contributed by atoms with Gasteiger partial charge in [0.25, 0.3) is 5.56 Å². The second kappa shape index (κ2) is 5.99. The highest BCUT2D eigenvalue weighted by molar-refractivity contribution is 5.70. The summed E-state index contributed by atoms with van der Waals surface area (Å²) in [6.45, 7) is 1.09. The molecule has 1 aliphatic heterocycles. The van der Waals surface area contributed by atoms with Crippen LogP contribution in [0.1, 0.15) is 19.6 Å². The zero-order valence-electron chi connectivity index (χ0n) is 12.2. The predicted octanol–water partition coefficient (Wildman–Crippen LogP) is -0.682. The van der Waals surface area contributed by atoms with Crippen molar-refractivity contribution in [1.29, 1.82) is 0 Å². The van der Waals surface area contributed by atoms with Crippen LogP contribution in [-0.4, -0.2) is 55.2 Å². The molecule has 1 saturated heterocycles. The van der Waals surface area contributed by atoms with Gasteiger partial charge in [-0.2, -0.15) is 4.98 Å². The number of anilines is 1. The van der Waals surface area contributed by atoms with E-state index in [1.165, 1.54) is 17.8 Å². The minimum absolute atomic E-state index is 0.0481. The van der Waals surface area contributed by atoms with Crippen molar-refractivity contribution in [2.24, 2.45) is 0 Å². The van der Waals surface area contributed by atoms with E-state index in [1.807, 2.05) is 0 Å². The lowest BCUT2D eigenvalue weighted by atomic mass is 10.0. The molecular formula is C12H18FN5O4. The number of H-pyrrole nitrogens is 1. The summed E-state index contributed by atoms with van der Waals surface area (Å²) in [7, 11) is 1.00. The fourth-order valence-corrected chi connectivity index (χ4v) is 2.50. The number of halogens is 1. The van der Waals surface area contributed by atoms with Crippen LogP contribution >= 0.6 is 0 Å². The lowest BCUT2D eigenvalue weighted by molar-refractivity contribution is -0.0565. The van der Waals surface area contributed by atoms with Crippen molar-refractivity contribution >= 4 is 17.1 Å². The van der Waals surface area contributed by atoms with Gasteiger partial charge in [0.2, 0.25) is 5.95 Å². The van der Waals surface area contributed by atoms with Crippen molar-refractivity contribution in [2.45, 2.75) is 31.3 Å². The first-order valence-electron chi connectivity index (χ1n) is 6.54. The van der Waals surface area contributed by atoms with Crippen LogP contribution in [0, 0.1) is 0 Å². The van der Waals surface area contributed by atoms with Crippen LogP contribution < -0.4 is 11.3 Å². The molecule has 0 amide bonds. The minimum Gasteiger partial charge on any atom is -0.400 e. The predicted molar refractivity (Wildman–Crippen MR) is 75.8 cm³/mol. The molecule has 22 heavy (non-hydrogen) atoms. The SMILES string of the molecule is CO.C[C@@]1(F)CC(CO)OC1n1cnc2c(=O)[nH]c(N)nc21. The fraction of sp³-hybridized carbons (Fsp3) is 0.583. The first-order valence-corrected chi connectivity index (χ1v) is 6.54. The summed E-state index contributed by atoms with van der Waals surface area (Å²) < 4.78 is 21.4. The van der Waals surface area contributed by atoms with E-state index in [-0.39, 0.29) is 30.1 Å². The van der Waals surface area contributed by atoms with Gasteiger partial charge < -0.3 is 20.7 Å². The Labute approximate surface area is 124 Å². The number of rotatable bonds is 2. The number of nitrogens with one attached hydrogen (secondary N) is 1. The van der Waals surface area contributed by atoms with Crippen LogP contribution in [0.5, 0.6) is 0 Å². The van der Waals surface area contributed by atoms with E-state index in [4.69, 9.17) is 20.7 Å². The van der Waals surface area contributed by atoms with Crippen LogP contribution in [0.4, 0.5) is 10.3 Å². The molecule has 0 bridgehead atoms. The first kappa shape index (κ1) is 16.3. The number of nitrogen functional groups attached to an aromatic ring is 1. The van der Waals surface area contributed by atoms with E-state index in [0.717, 1.165) is 7.11 Å². The molecule has 3 rings (SSSR count). The normalized spacial score (nSPS) is 27.7. The Kier molecular flexibility index (Phi) is 4.44. The quantitative estimate of drug-likeness (QED) is 0.575. The molecule has 0 spiro atoms. The molecule has 1 aliphatic rings. The summed E-state index contributed by atoms with van der Waals surface area (Å²) in [6, 6.07) is 0. The average Bonchev–Trinajstić information content (AvgIpc) is 3.01. The number of aromatic amines is 1. The molecule has 10 heteroatoms. The average molecular weight is 315 g/mol. The van der Waals surface area contributed by atoms with Gasteiger partial charge in [0.05, 0.1) is 19.0 Å². The standard InChI is InChI=1S/C11H14FN5O3.CH4O/c1-11(12)2-5(3-18)20-9(11)17-4-14-6-7(17)15-10(13)16-8(6)19;1-2/h4-5,9,18H,2-3H2,1H3,(H3,13,15,16,19);2H,1H3/t5?,9?,11-;/m1./s1. The maximum Gasteiger partial charge on any atom is 0.280 e. The topological polar surface area (TPSA) is 139 Å². The van der Waals surface area contributed by atoms with Crippen molar-refractivity contribution in [1.82, 2.24) is 19.5 Å². The van der Waals surface area contributed by atoms with E-state index >= 15 is 0 Å². The number of nitrogens with zero attached hydrogens (tertiary/aromatic N) is 3. The van der Waals surface area contributed by atoms with E-state index in [9.17, 15) is 9.18 Å². The Morgan fingerprint density at radius 2 is 2.32 bits per heavy atom. The van der Waals surface area contributed by atoms with Gasteiger partial charge in [-0.15, -0.1) is 0 Å². The van der Waals surface area contributed by atoms with Gasteiger partial charge in [0.15, 0.2) is 23.1 Å². The Balaban J connectivity index is 0.000000847. The van der Waals surface area contributed by atoms with Gasteiger partial charge in [0, 0.05) is 13.5 Å². The Hall–Kier alpha value is -2.04. The molecule has 0 aromatic carbocycles. The molecule has 122 valence electrons. The van der Waals surface area contributed by atoms with E-state index in [0.29, 0.717) is 0 Å². The summed E-state index contributed by atoms with van der Waals surface area (Å²) in [4.78, 5) is 21.9. The Bertz CT molecular complexity index is 713. The second-order valence-corrected chi connectivity index (χ2v) is 5.05. The van der Waals surface area contributed by atoms with Gasteiger partial charge in [0.1, 0.15) is 0 Å². The molecular weight excluding hydrogens is 297 g/mol. The van der Waals surface area contributed by atoms with Gasteiger partial charge in [-0.05, 0) is 6.92 Å². The minimum atomic E-state index is -1.71. The third kappa shape index (κ3) is 2.67. The molecule has 0 aliphatic carbocycles. The van der Waals surface area contributed by atoms with Crippen LogP contribution in [0.3, 0.4) is 0 Å². The largest absolute Gasteiger partial charge is 0.400 e. The van der Waals surface area contributed by atoms with Gasteiger partial charge in [-0.3, -0.25) is 14.3 Å². The first-order chi connectivity index (χ1) is 10.4. The van der Waals surface area contributed by atoms with Crippen molar-refractivity contribution < 1.29 is 19.3 Å². The highest BCUT2D eigenvalue weighted by Crippen LogP contribution is 2.41. The van der Waals surface area contributed by atoms with E-state index in [1.54, 1.807) is 0 Å². The highest BCUT2D eigenvalue weighted by atomic mass is 19.1. The van der Waals surface area contributed by atoms with Crippen LogP contribution in [0.2, 0.25) is 0 Å². The summed E-state index contributed by atoms with van der Waals surface area (Å²) >= 11 is 0. The van der Waals surface area contributed by atoms with Gasteiger partial charge >= 0.3 is 0 Å². The number of aromatic nitrogens is 4. The van der Waals surface area contributed by atoms with Crippen molar-refractivity contribution in [3.63, 3.8) is 0 Å². The molecule has 2 aromatic rings. The molecule has 2 unspecified atom stereocenters. The van der Waals surface area contributed by atoms with Gasteiger partial charge in [-0.25, -0.2) is 9.37 Å². The van der Waals surface area contributed by atoms with E-state index < -0.39 is 23.6 Å². The number of ether oxygens (including phenoxy) is 1. The van der Waals surface area contributed by atoms with Crippen molar-refractivity contribution in [3.8, 4) is 0 Å². The van der Waals surface area contributed by atoms with Crippen LogP contribution in [0.25, 0.3) is 11.2 Å². The summed E-state index contributed by atoms with van der Waals surface area (Å²) in [6.07, 6.45) is -0.286. The van der Waals surface area contributed by atoms with Gasteiger partial charge in [-0.1, -0.05) is 0 Å². The Morgan fingerprint density at radius 1 is 1.64 bits per heavy atom. The number of alkyl halides is 1. The fourth-order valence-electron chi connectivity index (χ4n) is 2.50. The molecule has 9 nitrogen and oxygen atoms in total. The summed E-state index contributed by atoms with van der Waals surface area (Å²) in [5.41, 5.74) is 3.50. The number of nitrogens with two attached hydrogens (primary N) is 1. The van der Waals surface area contributed by atoms with Crippen molar-refractivity contribution in [3.05, 3.63) is 16.7 Å². The zero-order valence-corrected chi connectivity index (χ0v) is 12.2. The highest BCUT2D eigenvalue weighted by Gasteiger charge is 2.47. The molecule has 0 radical (unpaired) electrons. The third-order valence-corrected chi connectivity index (χ3v) is 3.37. The third-order valence-electron chi connectivity index (χ3n) is 3.37. The zero-order chi connectivity index (χ0) is 16.5. The number of aliphatic hydroxyl groups excluding tert-OH is 2. The number of fused-ring (bicyclic) bond motifs is 1. The molecule has 1 fully saturated rings. The molecule has 5 N–H and O–H groups in total. The van der Waals surface area contributed by atoms with Crippen LogP contribution in [0.15, 0.2) is 11.1 Å². The molecule has 3 atom stereocenters. The second-order valence-electron chi connectivity index (χ2n) is 5.05. The lowest BCUT2D eigenvalue weighted by Gasteiger charge is -2.22. The molecule has 2 aromatic heterocycles. The van der Waals surface area contributed by atoms with Crippen LogP contribution in [-0.2, 0) is 4.74 Å². The number of imidazole rings is 1. The maximum absolute atomic E-state index is 14.6. The monoisotopic (exact) mass is 315 g/mol. The Morgan fingerprint density at radius 3 is 2.91 bits per heavy atom. The number of hydrogen-bond acceptors (Lipinski definition) is 7. The number of hydrogen-bond donors (Lipinski definition) is 4. The summed E-state index contributed by atoms with van der Waals surface area (Å²) in [5.74, 6) is -0.0819. The maximum atomic E-state index is 14.6. The summed E-state index contributed by atoms with van der Waals surface area (Å²) in [5, 5.41) is 16.1. The lowest BCUT2D eigenvalue weighted by Crippen LogP contribution is -2.27. The van der Waals surface area contributed by atoms with E-state index in [2.05, 4.69) is 15.0 Å². The molecule has 3 heterocycles. The number of aliphatic hydroxyl groups is 2. The molecule has 0 saturated carbocycles. The smallest absolute Gasteiger partial charge is 0.280 e.